The maximum Gasteiger partial charge on any atom is 0.352 e. The van der Waals surface area contributed by atoms with Crippen LogP contribution in [0.25, 0.3) is 21.9 Å². The van der Waals surface area contributed by atoms with Gasteiger partial charge in [0.05, 0.1) is 35.5 Å². The van der Waals surface area contributed by atoms with Crippen LogP contribution >= 0.6 is 0 Å². The number of primary amides is 1. The van der Waals surface area contributed by atoms with Crippen LogP contribution in [-0.2, 0) is 21.6 Å². The number of fused-ring (bicyclic) bond motifs is 2. The molecule has 6 N–H and O–H groups in total. The number of benzene rings is 2. The SMILES string of the molecule is COCCCOc1ccc2c(COc3cccc4[nH]c(C(=O)O)c(C5(C(N)=O)CCC(O)(CCN6CC[C@H](O)[C@@H](C)C6)CC5)c34)coc2c1. The zero-order valence-electron chi connectivity index (χ0n) is 28.2. The number of carbonyl (C=O) groups excluding carboxylic acids is 1. The number of nitrogens with one attached hydrogen (secondary N) is 1. The van der Waals surface area contributed by atoms with E-state index < -0.39 is 22.9 Å². The van der Waals surface area contributed by atoms with Crippen molar-refractivity contribution >= 4 is 33.7 Å². The number of piperidine rings is 1. The molecule has 1 aliphatic heterocycles. The highest BCUT2D eigenvalue weighted by atomic mass is 16.5. The molecule has 1 aliphatic carbocycles. The second-order valence-corrected chi connectivity index (χ2v) is 13.8. The van der Waals surface area contributed by atoms with Crippen LogP contribution in [0.15, 0.2) is 47.1 Å². The summed E-state index contributed by atoms with van der Waals surface area (Å²) in [5, 5.41) is 33.4. The number of aliphatic hydroxyl groups excluding tert-OH is 1. The number of carbonyl (C=O) groups is 2. The molecule has 1 saturated carbocycles. The van der Waals surface area contributed by atoms with E-state index >= 15 is 0 Å². The molecule has 49 heavy (non-hydrogen) atoms. The average molecular weight is 678 g/mol. The molecular formula is C37H47N3O9. The maximum absolute atomic E-state index is 13.4. The lowest BCUT2D eigenvalue weighted by atomic mass is 9.63. The fourth-order valence-corrected chi connectivity index (χ4v) is 7.59. The van der Waals surface area contributed by atoms with Crippen molar-refractivity contribution in [1.29, 1.82) is 0 Å². The van der Waals surface area contributed by atoms with Crippen LogP contribution in [0.1, 0.15) is 73.5 Å². The molecule has 0 unspecified atom stereocenters. The second kappa shape index (κ2) is 14.4. The molecule has 2 aromatic heterocycles. The monoisotopic (exact) mass is 677 g/mol. The highest BCUT2D eigenvalue weighted by Crippen LogP contribution is 2.49. The molecule has 2 aliphatic rings. The molecular weight excluding hydrogens is 630 g/mol. The van der Waals surface area contributed by atoms with Crippen LogP contribution < -0.4 is 15.2 Å². The molecule has 1 amide bonds. The summed E-state index contributed by atoms with van der Waals surface area (Å²) in [6, 6.07) is 10.9. The zero-order chi connectivity index (χ0) is 34.8. The van der Waals surface area contributed by atoms with E-state index in [-0.39, 0.29) is 50.0 Å². The normalized spacial score (nSPS) is 24.7. The van der Waals surface area contributed by atoms with E-state index in [9.17, 15) is 24.9 Å². The van der Waals surface area contributed by atoms with Gasteiger partial charge in [-0.15, -0.1) is 0 Å². The second-order valence-electron chi connectivity index (χ2n) is 13.8. The third-order valence-corrected chi connectivity index (χ3v) is 10.6. The van der Waals surface area contributed by atoms with Crippen molar-refractivity contribution in [1.82, 2.24) is 9.88 Å². The van der Waals surface area contributed by atoms with Crippen molar-refractivity contribution in [3.8, 4) is 11.5 Å². The molecule has 3 heterocycles. The number of aliphatic hydroxyl groups is 2. The summed E-state index contributed by atoms with van der Waals surface area (Å²) < 4.78 is 23.1. The summed E-state index contributed by atoms with van der Waals surface area (Å²) >= 11 is 0. The summed E-state index contributed by atoms with van der Waals surface area (Å²) in [7, 11) is 1.65. The number of aromatic amines is 1. The molecule has 1 saturated heterocycles. The van der Waals surface area contributed by atoms with Crippen LogP contribution in [-0.4, -0.2) is 88.7 Å². The van der Waals surface area contributed by atoms with Crippen LogP contribution in [0.3, 0.4) is 0 Å². The van der Waals surface area contributed by atoms with E-state index in [1.165, 1.54) is 0 Å². The molecule has 0 bridgehead atoms. The number of hydrogen-bond acceptors (Lipinski definition) is 9. The first-order valence-corrected chi connectivity index (χ1v) is 17.1. The first-order chi connectivity index (χ1) is 23.5. The Morgan fingerprint density at radius 1 is 1.12 bits per heavy atom. The summed E-state index contributed by atoms with van der Waals surface area (Å²) in [4.78, 5) is 31.4. The molecule has 2 fully saturated rings. The third kappa shape index (κ3) is 7.14. The van der Waals surface area contributed by atoms with Crippen molar-refractivity contribution < 1.29 is 43.5 Å². The first kappa shape index (κ1) is 34.8. The minimum Gasteiger partial charge on any atom is -0.493 e. The van der Waals surface area contributed by atoms with Gasteiger partial charge in [-0.1, -0.05) is 13.0 Å². The molecule has 2 atom stereocenters. The summed E-state index contributed by atoms with van der Waals surface area (Å²) in [6.07, 6.45) is 4.27. The number of hydrogen-bond donors (Lipinski definition) is 5. The molecule has 0 spiro atoms. The van der Waals surface area contributed by atoms with Gasteiger partial charge in [0.2, 0.25) is 5.91 Å². The number of ether oxygens (including phenoxy) is 3. The Balaban J connectivity index is 1.24. The smallest absolute Gasteiger partial charge is 0.352 e. The summed E-state index contributed by atoms with van der Waals surface area (Å²) in [5.41, 5.74) is 5.94. The average Bonchev–Trinajstić information content (AvgIpc) is 3.69. The van der Waals surface area contributed by atoms with Gasteiger partial charge in [0.15, 0.2) is 0 Å². The Bertz CT molecular complexity index is 1790. The molecule has 6 rings (SSSR count). The first-order valence-electron chi connectivity index (χ1n) is 17.1. The Labute approximate surface area is 285 Å². The number of aromatic nitrogens is 1. The Morgan fingerprint density at radius 2 is 1.92 bits per heavy atom. The molecule has 0 radical (unpaired) electrons. The number of nitrogens with zero attached hydrogens (tertiary/aromatic N) is 1. The summed E-state index contributed by atoms with van der Waals surface area (Å²) in [5.74, 6) is -0.577. The Kier molecular flexibility index (Phi) is 10.2. The highest BCUT2D eigenvalue weighted by Gasteiger charge is 2.50. The fraction of sp³-hybridized carbons (Fsp3) is 0.514. The fourth-order valence-electron chi connectivity index (χ4n) is 7.59. The van der Waals surface area contributed by atoms with Gasteiger partial charge in [-0.3, -0.25) is 4.79 Å². The number of carboxylic acids is 1. The number of rotatable bonds is 14. The van der Waals surface area contributed by atoms with Gasteiger partial charge < -0.3 is 49.6 Å². The van der Waals surface area contributed by atoms with Gasteiger partial charge in [0.1, 0.15) is 29.4 Å². The lowest BCUT2D eigenvalue weighted by molar-refractivity contribution is -0.127. The minimum atomic E-state index is -1.33. The molecule has 264 valence electrons. The van der Waals surface area contributed by atoms with Crippen molar-refractivity contribution in [2.75, 3.05) is 40.0 Å². The molecule has 2 aromatic carbocycles. The van der Waals surface area contributed by atoms with Crippen LogP contribution in [0.5, 0.6) is 11.5 Å². The maximum atomic E-state index is 13.4. The number of carboxylic acid groups (broad SMARTS) is 1. The van der Waals surface area contributed by atoms with Crippen molar-refractivity contribution in [2.24, 2.45) is 11.7 Å². The van der Waals surface area contributed by atoms with Gasteiger partial charge in [-0.05, 0) is 68.7 Å². The van der Waals surface area contributed by atoms with Crippen molar-refractivity contribution in [3.63, 3.8) is 0 Å². The highest BCUT2D eigenvalue weighted by molar-refractivity contribution is 6.05. The molecule has 12 nitrogen and oxygen atoms in total. The van der Waals surface area contributed by atoms with E-state index in [1.807, 2.05) is 25.1 Å². The minimum absolute atomic E-state index is 0.108. The number of amides is 1. The van der Waals surface area contributed by atoms with Gasteiger partial charge in [-0.25, -0.2) is 4.79 Å². The van der Waals surface area contributed by atoms with Gasteiger partial charge in [0, 0.05) is 67.7 Å². The number of nitrogens with two attached hydrogens (primary N) is 1. The number of aromatic carboxylic acids is 1. The lowest BCUT2D eigenvalue weighted by Crippen LogP contribution is -2.50. The number of H-pyrrole nitrogens is 1. The number of methoxy groups -OCH3 is 1. The van der Waals surface area contributed by atoms with Crippen molar-refractivity contribution in [3.05, 3.63) is 59.5 Å². The predicted molar refractivity (Wildman–Crippen MR) is 183 cm³/mol. The largest absolute Gasteiger partial charge is 0.493 e. The van der Waals surface area contributed by atoms with Crippen molar-refractivity contribution in [2.45, 2.75) is 75.6 Å². The molecule has 4 aromatic rings. The number of furan rings is 1. The van der Waals surface area contributed by atoms with Crippen LogP contribution in [0.2, 0.25) is 0 Å². The summed E-state index contributed by atoms with van der Waals surface area (Å²) in [6.45, 7) is 5.50. The third-order valence-electron chi connectivity index (χ3n) is 10.6. The van der Waals surface area contributed by atoms with Gasteiger partial charge in [0.25, 0.3) is 0 Å². The van der Waals surface area contributed by atoms with Crippen LogP contribution in [0.4, 0.5) is 0 Å². The zero-order valence-corrected chi connectivity index (χ0v) is 28.2. The quantitative estimate of drug-likeness (QED) is 0.117. The van der Waals surface area contributed by atoms with E-state index in [2.05, 4.69) is 9.88 Å². The lowest BCUT2D eigenvalue weighted by Gasteiger charge is -2.44. The number of likely N-dealkylation sites (tertiary alicyclic amines) is 1. The van der Waals surface area contributed by atoms with Crippen LogP contribution in [0, 0.1) is 5.92 Å². The van der Waals surface area contributed by atoms with E-state index in [1.54, 1.807) is 31.6 Å². The van der Waals surface area contributed by atoms with Gasteiger partial charge >= 0.3 is 5.97 Å². The molecule has 12 heteroatoms. The van der Waals surface area contributed by atoms with E-state index in [0.29, 0.717) is 66.1 Å². The Hall–Kier alpha value is -4.10. The van der Waals surface area contributed by atoms with Gasteiger partial charge in [-0.2, -0.15) is 0 Å². The predicted octanol–water partition coefficient (Wildman–Crippen LogP) is 4.73. The van der Waals surface area contributed by atoms with E-state index in [4.69, 9.17) is 24.4 Å². The Morgan fingerprint density at radius 3 is 2.63 bits per heavy atom. The topological polar surface area (TPSA) is 181 Å². The standard InChI is InChI=1S/C37H47N3O9/c1-23-20-40(15-9-28(23)41)16-14-36(45)10-12-37(13-11-36,35(38)44)32-31-27(39-33(32)34(42)43)5-3-6-29(31)48-21-24-22-49-30-19-25(7-8-26(24)30)47-18-4-17-46-2/h3,5-8,19,22-23,28,39,41,45H,4,9-18,20-21H2,1-2H3,(H2,38,44)(H,42,43)/t23-,28-,36?,37?/m0/s1. The van der Waals surface area contributed by atoms with E-state index in [0.717, 1.165) is 30.5 Å².